The molecule has 1 aliphatic rings. The number of hydrogen-bond donors (Lipinski definition) is 0. The van der Waals surface area contributed by atoms with Crippen LogP contribution >= 0.6 is 15.9 Å². The summed E-state index contributed by atoms with van der Waals surface area (Å²) in [6.07, 6.45) is 6.53. The van der Waals surface area contributed by atoms with Crippen LogP contribution in [0.5, 0.6) is 0 Å². The number of nitrogens with zero attached hydrogens (tertiary/aromatic N) is 2. The molecule has 0 spiro atoms. The zero-order valence-corrected chi connectivity index (χ0v) is 12.3. The van der Waals surface area contributed by atoms with Gasteiger partial charge in [-0.2, -0.15) is 0 Å². The molecule has 2 nitrogen and oxygen atoms in total. The number of rotatable bonds is 3. The first-order valence-electron chi connectivity index (χ1n) is 6.42. The quantitative estimate of drug-likeness (QED) is 0.795. The summed E-state index contributed by atoms with van der Waals surface area (Å²) in [7, 11) is 0. The molecule has 2 heterocycles. The van der Waals surface area contributed by atoms with Gasteiger partial charge in [-0.3, -0.25) is 9.88 Å². The Balaban J connectivity index is 1.86. The van der Waals surface area contributed by atoms with Gasteiger partial charge in [0.15, 0.2) is 0 Å². The molecule has 3 heteroatoms. The Hall–Kier alpha value is -0.410. The fourth-order valence-corrected chi connectivity index (χ4v) is 3.06. The standard InChI is InChI=1S/C14H21BrN2/c1-11-7-13(9-16-8-11)10-17-5-3-14(4-6-17)12(2)15/h7-9,12,14H,3-6,10H2,1-2H3. The Morgan fingerprint density at radius 1 is 1.41 bits per heavy atom. The van der Waals surface area contributed by atoms with Crippen molar-refractivity contribution in [3.05, 3.63) is 29.6 Å². The lowest BCUT2D eigenvalue weighted by Gasteiger charge is -2.33. The monoisotopic (exact) mass is 296 g/mol. The zero-order chi connectivity index (χ0) is 12.3. The van der Waals surface area contributed by atoms with Crippen molar-refractivity contribution in [1.29, 1.82) is 0 Å². The first-order chi connectivity index (χ1) is 8.15. The van der Waals surface area contributed by atoms with E-state index >= 15 is 0 Å². The summed E-state index contributed by atoms with van der Waals surface area (Å²) >= 11 is 3.70. The van der Waals surface area contributed by atoms with Gasteiger partial charge >= 0.3 is 0 Å². The minimum absolute atomic E-state index is 0.658. The average molecular weight is 297 g/mol. The molecule has 1 aromatic heterocycles. The Labute approximate surface area is 113 Å². The lowest BCUT2D eigenvalue weighted by molar-refractivity contribution is 0.178. The maximum absolute atomic E-state index is 4.26. The van der Waals surface area contributed by atoms with E-state index in [0.717, 1.165) is 12.5 Å². The smallest absolute Gasteiger partial charge is 0.0313 e. The molecule has 1 saturated heterocycles. The number of aryl methyl sites for hydroxylation is 1. The van der Waals surface area contributed by atoms with E-state index in [9.17, 15) is 0 Å². The van der Waals surface area contributed by atoms with Crippen LogP contribution in [0.4, 0.5) is 0 Å². The molecule has 0 saturated carbocycles. The van der Waals surface area contributed by atoms with E-state index in [-0.39, 0.29) is 0 Å². The number of alkyl halides is 1. The Bertz CT molecular complexity index is 357. The summed E-state index contributed by atoms with van der Waals surface area (Å²) in [6, 6.07) is 2.24. The molecule has 1 aliphatic heterocycles. The molecule has 0 amide bonds. The maximum atomic E-state index is 4.26. The lowest BCUT2D eigenvalue weighted by Crippen LogP contribution is -2.35. The van der Waals surface area contributed by atoms with E-state index in [1.807, 2.05) is 12.4 Å². The highest BCUT2D eigenvalue weighted by atomic mass is 79.9. The van der Waals surface area contributed by atoms with Crippen LogP contribution in [0, 0.1) is 12.8 Å². The summed E-state index contributed by atoms with van der Waals surface area (Å²) in [5, 5.41) is 0. The summed E-state index contributed by atoms with van der Waals surface area (Å²) in [5.41, 5.74) is 2.60. The Morgan fingerprint density at radius 3 is 2.71 bits per heavy atom. The van der Waals surface area contributed by atoms with Crippen LogP contribution < -0.4 is 0 Å². The molecule has 0 aliphatic carbocycles. The largest absolute Gasteiger partial charge is 0.299 e. The highest BCUT2D eigenvalue weighted by Gasteiger charge is 2.22. The molecule has 2 rings (SSSR count). The van der Waals surface area contributed by atoms with Gasteiger partial charge in [0.1, 0.15) is 0 Å². The predicted molar refractivity (Wildman–Crippen MR) is 75.4 cm³/mol. The number of hydrogen-bond acceptors (Lipinski definition) is 2. The van der Waals surface area contributed by atoms with E-state index < -0.39 is 0 Å². The van der Waals surface area contributed by atoms with E-state index in [1.54, 1.807) is 0 Å². The lowest BCUT2D eigenvalue weighted by atomic mass is 9.94. The molecule has 1 unspecified atom stereocenters. The van der Waals surface area contributed by atoms with Crippen molar-refractivity contribution in [3.8, 4) is 0 Å². The zero-order valence-electron chi connectivity index (χ0n) is 10.7. The highest BCUT2D eigenvalue weighted by molar-refractivity contribution is 9.09. The molecule has 94 valence electrons. The minimum atomic E-state index is 0.658. The minimum Gasteiger partial charge on any atom is -0.299 e. The fraction of sp³-hybridized carbons (Fsp3) is 0.643. The molecule has 0 aromatic carbocycles. The number of piperidine rings is 1. The summed E-state index contributed by atoms with van der Waals surface area (Å²) < 4.78 is 0. The first kappa shape index (κ1) is 13.0. The summed E-state index contributed by atoms with van der Waals surface area (Å²) in [6.45, 7) is 7.86. The van der Waals surface area contributed by atoms with Crippen molar-refractivity contribution in [3.63, 3.8) is 0 Å². The Kier molecular flexibility index (Phi) is 4.57. The number of halogens is 1. The maximum Gasteiger partial charge on any atom is 0.0313 e. The third kappa shape index (κ3) is 3.78. The average Bonchev–Trinajstić information content (AvgIpc) is 2.29. The van der Waals surface area contributed by atoms with Crippen molar-refractivity contribution in [1.82, 2.24) is 9.88 Å². The number of aromatic nitrogens is 1. The highest BCUT2D eigenvalue weighted by Crippen LogP contribution is 2.25. The van der Waals surface area contributed by atoms with E-state index in [4.69, 9.17) is 0 Å². The van der Waals surface area contributed by atoms with E-state index in [0.29, 0.717) is 4.83 Å². The van der Waals surface area contributed by atoms with Crippen LogP contribution in [0.25, 0.3) is 0 Å². The molecule has 0 radical (unpaired) electrons. The topological polar surface area (TPSA) is 16.1 Å². The third-order valence-corrected chi connectivity index (χ3v) is 4.37. The van der Waals surface area contributed by atoms with Gasteiger partial charge in [0.2, 0.25) is 0 Å². The predicted octanol–water partition coefficient (Wildman–Crippen LogP) is 3.39. The van der Waals surface area contributed by atoms with Gasteiger partial charge in [-0.05, 0) is 49.9 Å². The fourth-order valence-electron chi connectivity index (χ4n) is 2.53. The van der Waals surface area contributed by atoms with Crippen LogP contribution in [0.2, 0.25) is 0 Å². The van der Waals surface area contributed by atoms with Gasteiger partial charge in [-0.15, -0.1) is 0 Å². The second-order valence-corrected chi connectivity index (χ2v) is 6.61. The molecule has 0 N–H and O–H groups in total. The molecule has 17 heavy (non-hydrogen) atoms. The molecule has 1 atom stereocenters. The van der Waals surface area contributed by atoms with Crippen molar-refractivity contribution in [2.24, 2.45) is 5.92 Å². The molecule has 1 fully saturated rings. The second-order valence-electron chi connectivity index (χ2n) is 5.16. The van der Waals surface area contributed by atoms with Crippen molar-refractivity contribution in [2.75, 3.05) is 13.1 Å². The van der Waals surface area contributed by atoms with E-state index in [1.165, 1.54) is 37.1 Å². The SMILES string of the molecule is Cc1cncc(CN2CCC(C(C)Br)CC2)c1. The molecule has 1 aromatic rings. The van der Waals surface area contributed by atoms with Crippen molar-refractivity contribution >= 4 is 15.9 Å². The van der Waals surface area contributed by atoms with Gasteiger partial charge in [0.25, 0.3) is 0 Å². The van der Waals surface area contributed by atoms with Gasteiger partial charge in [-0.1, -0.05) is 28.9 Å². The van der Waals surface area contributed by atoms with Gasteiger partial charge in [0.05, 0.1) is 0 Å². The molecular weight excluding hydrogens is 276 g/mol. The normalized spacial score (nSPS) is 20.4. The van der Waals surface area contributed by atoms with Crippen molar-refractivity contribution in [2.45, 2.75) is 38.1 Å². The van der Waals surface area contributed by atoms with Gasteiger partial charge in [-0.25, -0.2) is 0 Å². The van der Waals surface area contributed by atoms with Crippen LogP contribution in [-0.2, 0) is 6.54 Å². The van der Waals surface area contributed by atoms with E-state index in [2.05, 4.69) is 45.7 Å². The Morgan fingerprint density at radius 2 is 2.12 bits per heavy atom. The molecular formula is C14H21BrN2. The number of pyridine rings is 1. The van der Waals surface area contributed by atoms with Crippen LogP contribution in [0.1, 0.15) is 30.9 Å². The summed E-state index contributed by atoms with van der Waals surface area (Å²) in [5.74, 6) is 0.849. The molecule has 0 bridgehead atoms. The number of likely N-dealkylation sites (tertiary alicyclic amines) is 1. The van der Waals surface area contributed by atoms with Gasteiger partial charge < -0.3 is 0 Å². The third-order valence-electron chi connectivity index (χ3n) is 3.62. The summed E-state index contributed by atoms with van der Waals surface area (Å²) in [4.78, 5) is 7.46. The van der Waals surface area contributed by atoms with Crippen LogP contribution in [0.15, 0.2) is 18.5 Å². The second kappa shape index (κ2) is 5.96. The van der Waals surface area contributed by atoms with Crippen LogP contribution in [0.3, 0.4) is 0 Å². The first-order valence-corrected chi connectivity index (χ1v) is 7.33. The van der Waals surface area contributed by atoms with Crippen LogP contribution in [-0.4, -0.2) is 27.8 Å². The van der Waals surface area contributed by atoms with Gasteiger partial charge in [0, 0.05) is 23.8 Å². The van der Waals surface area contributed by atoms with Crippen molar-refractivity contribution < 1.29 is 0 Å².